The van der Waals surface area contributed by atoms with Gasteiger partial charge in [0.05, 0.1) is 0 Å². The molecule has 1 saturated carbocycles. The van der Waals surface area contributed by atoms with Crippen molar-refractivity contribution < 1.29 is 0 Å². The van der Waals surface area contributed by atoms with Crippen molar-refractivity contribution in [2.24, 2.45) is 11.3 Å². The van der Waals surface area contributed by atoms with Crippen molar-refractivity contribution in [3.05, 3.63) is 35.4 Å². The van der Waals surface area contributed by atoms with Crippen LogP contribution in [0.2, 0.25) is 0 Å². The van der Waals surface area contributed by atoms with Crippen LogP contribution in [0.25, 0.3) is 0 Å². The third-order valence-corrected chi connectivity index (χ3v) is 5.27. The lowest BCUT2D eigenvalue weighted by molar-refractivity contribution is 0.198. The zero-order chi connectivity index (χ0) is 12.6. The quantitative estimate of drug-likeness (QED) is 0.631. The highest BCUT2D eigenvalue weighted by Gasteiger charge is 2.39. The summed E-state index contributed by atoms with van der Waals surface area (Å²) in [4.78, 5) is 0. The van der Waals surface area contributed by atoms with E-state index >= 15 is 0 Å². The summed E-state index contributed by atoms with van der Waals surface area (Å²) in [7, 11) is 0. The van der Waals surface area contributed by atoms with Gasteiger partial charge in [-0.2, -0.15) is 0 Å². The van der Waals surface area contributed by atoms with Crippen molar-refractivity contribution in [1.29, 1.82) is 0 Å². The molecule has 0 heterocycles. The first kappa shape index (κ1) is 12.2. The lowest BCUT2D eigenvalue weighted by atomic mass is 9.69. The molecule has 0 radical (unpaired) electrons. The molecule has 98 valence electrons. The third kappa shape index (κ3) is 1.98. The van der Waals surface area contributed by atoms with Gasteiger partial charge in [0.25, 0.3) is 0 Å². The summed E-state index contributed by atoms with van der Waals surface area (Å²) in [5, 5.41) is 0. The van der Waals surface area contributed by atoms with E-state index in [1.54, 1.807) is 5.56 Å². The van der Waals surface area contributed by atoms with Gasteiger partial charge in [0, 0.05) is 6.04 Å². The van der Waals surface area contributed by atoms with Crippen molar-refractivity contribution in [3.63, 3.8) is 0 Å². The lowest BCUT2D eigenvalue weighted by Crippen LogP contribution is -2.47. The number of hydrazine groups is 1. The minimum Gasteiger partial charge on any atom is -0.271 e. The van der Waals surface area contributed by atoms with Gasteiger partial charge in [0.1, 0.15) is 0 Å². The maximum atomic E-state index is 5.83. The molecule has 3 N–H and O–H groups in total. The number of nitrogens with two attached hydrogens (primary N) is 1. The van der Waals surface area contributed by atoms with Gasteiger partial charge < -0.3 is 0 Å². The molecule has 1 aromatic carbocycles. The standard InChI is InChI=1S/C16H24N2/c1-16(8-4-5-9-16)15(18-17)11-13-10-12-6-2-3-7-14(12)13/h2-3,6-7,13,15,18H,4-5,8-11,17H2,1H3. The summed E-state index contributed by atoms with van der Waals surface area (Å²) in [6.45, 7) is 2.41. The zero-order valence-electron chi connectivity index (χ0n) is 11.3. The molecule has 0 amide bonds. The van der Waals surface area contributed by atoms with Crippen LogP contribution in [-0.4, -0.2) is 6.04 Å². The molecule has 1 aromatic rings. The largest absolute Gasteiger partial charge is 0.271 e. The van der Waals surface area contributed by atoms with Gasteiger partial charge >= 0.3 is 0 Å². The van der Waals surface area contributed by atoms with Crippen LogP contribution in [0.4, 0.5) is 0 Å². The second kappa shape index (κ2) is 4.67. The van der Waals surface area contributed by atoms with Crippen molar-refractivity contribution in [3.8, 4) is 0 Å². The van der Waals surface area contributed by atoms with Gasteiger partial charge in [-0.15, -0.1) is 0 Å². The lowest BCUT2D eigenvalue weighted by Gasteiger charge is -2.39. The topological polar surface area (TPSA) is 38.0 Å². The molecule has 0 spiro atoms. The highest BCUT2D eigenvalue weighted by molar-refractivity contribution is 5.40. The Morgan fingerprint density at radius 3 is 2.72 bits per heavy atom. The summed E-state index contributed by atoms with van der Waals surface area (Å²) in [6, 6.07) is 9.32. The molecule has 2 heteroatoms. The van der Waals surface area contributed by atoms with E-state index in [1.165, 1.54) is 44.1 Å². The molecule has 2 atom stereocenters. The second-order valence-electron chi connectivity index (χ2n) is 6.42. The van der Waals surface area contributed by atoms with Gasteiger partial charge in [-0.3, -0.25) is 11.3 Å². The van der Waals surface area contributed by atoms with Crippen LogP contribution in [0.3, 0.4) is 0 Å². The Balaban J connectivity index is 1.69. The van der Waals surface area contributed by atoms with E-state index in [4.69, 9.17) is 5.84 Å². The average Bonchev–Trinajstić information content (AvgIpc) is 2.79. The second-order valence-corrected chi connectivity index (χ2v) is 6.42. The fourth-order valence-corrected chi connectivity index (χ4v) is 3.94. The summed E-state index contributed by atoms with van der Waals surface area (Å²) < 4.78 is 0. The third-order valence-electron chi connectivity index (χ3n) is 5.27. The highest BCUT2D eigenvalue weighted by Crippen LogP contribution is 2.46. The van der Waals surface area contributed by atoms with Crippen LogP contribution in [-0.2, 0) is 6.42 Å². The minimum absolute atomic E-state index is 0.416. The molecule has 3 rings (SSSR count). The zero-order valence-corrected chi connectivity index (χ0v) is 11.3. The Kier molecular flexibility index (Phi) is 3.16. The van der Waals surface area contributed by atoms with Crippen LogP contribution in [0, 0.1) is 5.41 Å². The first-order valence-corrected chi connectivity index (χ1v) is 7.27. The molecule has 18 heavy (non-hydrogen) atoms. The van der Waals surface area contributed by atoms with Gasteiger partial charge in [-0.25, -0.2) is 0 Å². The molecular weight excluding hydrogens is 220 g/mol. The number of fused-ring (bicyclic) bond motifs is 1. The van der Waals surface area contributed by atoms with E-state index in [0.29, 0.717) is 11.5 Å². The van der Waals surface area contributed by atoms with Crippen LogP contribution < -0.4 is 11.3 Å². The smallest absolute Gasteiger partial charge is 0.0270 e. The molecule has 0 saturated heterocycles. The first-order chi connectivity index (χ1) is 8.73. The molecular formula is C16H24N2. The van der Waals surface area contributed by atoms with Crippen LogP contribution in [0.1, 0.15) is 56.1 Å². The summed E-state index contributed by atoms with van der Waals surface area (Å²) in [5.74, 6) is 6.56. The van der Waals surface area contributed by atoms with Crippen LogP contribution in [0.5, 0.6) is 0 Å². The molecule has 2 nitrogen and oxygen atoms in total. The monoisotopic (exact) mass is 244 g/mol. The van der Waals surface area contributed by atoms with E-state index in [0.717, 1.165) is 5.92 Å². The van der Waals surface area contributed by atoms with E-state index in [9.17, 15) is 0 Å². The van der Waals surface area contributed by atoms with Crippen molar-refractivity contribution in [2.75, 3.05) is 0 Å². The molecule has 0 aromatic heterocycles. The molecule has 1 fully saturated rings. The predicted octanol–water partition coefficient (Wildman–Crippen LogP) is 3.13. The fourth-order valence-electron chi connectivity index (χ4n) is 3.94. The minimum atomic E-state index is 0.416. The van der Waals surface area contributed by atoms with Crippen molar-refractivity contribution in [2.45, 2.75) is 57.4 Å². The Morgan fingerprint density at radius 1 is 1.33 bits per heavy atom. The Bertz CT molecular complexity index is 421. The van der Waals surface area contributed by atoms with Gasteiger partial charge in [-0.1, -0.05) is 44.0 Å². The molecule has 0 bridgehead atoms. The van der Waals surface area contributed by atoms with Crippen LogP contribution >= 0.6 is 0 Å². The molecule has 2 aliphatic carbocycles. The predicted molar refractivity (Wildman–Crippen MR) is 75.2 cm³/mol. The van der Waals surface area contributed by atoms with Gasteiger partial charge in [0.15, 0.2) is 0 Å². The number of hydrogen-bond acceptors (Lipinski definition) is 2. The number of hydrogen-bond donors (Lipinski definition) is 2. The maximum absolute atomic E-state index is 5.83. The van der Waals surface area contributed by atoms with E-state index in [2.05, 4.69) is 36.6 Å². The highest BCUT2D eigenvalue weighted by atomic mass is 15.2. The Labute approximate surface area is 110 Å². The fraction of sp³-hybridized carbons (Fsp3) is 0.625. The van der Waals surface area contributed by atoms with Crippen LogP contribution in [0.15, 0.2) is 24.3 Å². The maximum Gasteiger partial charge on any atom is 0.0270 e. The van der Waals surface area contributed by atoms with E-state index in [-0.39, 0.29) is 0 Å². The molecule has 2 aliphatic rings. The summed E-state index contributed by atoms with van der Waals surface area (Å²) >= 11 is 0. The summed E-state index contributed by atoms with van der Waals surface area (Å²) in [6.07, 6.45) is 7.84. The number of nitrogens with one attached hydrogen (secondary N) is 1. The first-order valence-electron chi connectivity index (χ1n) is 7.27. The normalized spacial score (nSPS) is 26.4. The van der Waals surface area contributed by atoms with E-state index < -0.39 is 0 Å². The van der Waals surface area contributed by atoms with Gasteiger partial charge in [0.2, 0.25) is 0 Å². The SMILES string of the molecule is CC1(C(CC2Cc3ccccc32)NN)CCCC1. The Morgan fingerprint density at radius 2 is 2.06 bits per heavy atom. The van der Waals surface area contributed by atoms with Gasteiger partial charge in [-0.05, 0) is 48.1 Å². The van der Waals surface area contributed by atoms with Crippen molar-refractivity contribution in [1.82, 2.24) is 5.43 Å². The number of rotatable bonds is 4. The molecule has 0 aliphatic heterocycles. The average molecular weight is 244 g/mol. The Hall–Kier alpha value is -0.860. The van der Waals surface area contributed by atoms with Crippen molar-refractivity contribution >= 4 is 0 Å². The van der Waals surface area contributed by atoms with E-state index in [1.807, 2.05) is 0 Å². The molecule has 2 unspecified atom stereocenters. The number of benzene rings is 1. The summed E-state index contributed by atoms with van der Waals surface area (Å²) in [5.41, 5.74) is 6.62.